The highest BCUT2D eigenvalue weighted by atomic mass is 19.3. The summed E-state index contributed by atoms with van der Waals surface area (Å²) in [6.07, 6.45) is 0. The molecule has 0 aliphatic heterocycles. The van der Waals surface area contributed by atoms with E-state index in [-0.39, 0.29) is 17.7 Å². The number of nitrogens with two attached hydrogens (primary N) is 1. The Morgan fingerprint density at radius 2 is 1.94 bits per heavy atom. The van der Waals surface area contributed by atoms with Gasteiger partial charge in [0.2, 0.25) is 0 Å². The molecule has 0 spiro atoms. The zero-order chi connectivity index (χ0) is 13.7. The van der Waals surface area contributed by atoms with E-state index >= 15 is 0 Å². The third-order valence-electron chi connectivity index (χ3n) is 2.80. The number of halogens is 2. The molecule has 100 valence electrons. The predicted octanol–water partition coefficient (Wildman–Crippen LogP) is 0.177. The lowest BCUT2D eigenvalue weighted by Gasteiger charge is -2.19. The van der Waals surface area contributed by atoms with E-state index in [0.717, 1.165) is 10.5 Å². The molecule has 0 heterocycles. The second kappa shape index (κ2) is 6.30. The quantitative estimate of drug-likeness (QED) is 0.765. The summed E-state index contributed by atoms with van der Waals surface area (Å²) in [7, 11) is 1.85. The number of carbonyl (C=O) groups is 1. The highest BCUT2D eigenvalue weighted by molar-refractivity contribution is 5.77. The van der Waals surface area contributed by atoms with Gasteiger partial charge in [0.15, 0.2) is 6.04 Å². The molecule has 0 bridgehead atoms. The van der Waals surface area contributed by atoms with Gasteiger partial charge < -0.3 is 15.4 Å². The molecule has 1 aromatic carbocycles. The van der Waals surface area contributed by atoms with E-state index in [9.17, 15) is 13.6 Å². The van der Waals surface area contributed by atoms with E-state index in [0.29, 0.717) is 6.54 Å². The van der Waals surface area contributed by atoms with E-state index < -0.39 is 6.61 Å². The van der Waals surface area contributed by atoms with Crippen molar-refractivity contribution in [3.63, 3.8) is 0 Å². The zero-order valence-electron chi connectivity index (χ0n) is 10.3. The molecular formula is C12H17F2N2O2+. The van der Waals surface area contributed by atoms with Crippen molar-refractivity contribution in [2.75, 3.05) is 7.05 Å². The summed E-state index contributed by atoms with van der Waals surface area (Å²) < 4.78 is 28.1. The molecular weight excluding hydrogens is 242 g/mol. The molecule has 0 aliphatic carbocycles. The fraction of sp³-hybridized carbons (Fsp3) is 0.417. The van der Waals surface area contributed by atoms with Crippen molar-refractivity contribution in [3.05, 3.63) is 29.8 Å². The number of primary amides is 1. The van der Waals surface area contributed by atoms with Gasteiger partial charge in [-0.05, 0) is 31.2 Å². The van der Waals surface area contributed by atoms with Crippen molar-refractivity contribution in [3.8, 4) is 5.75 Å². The Morgan fingerprint density at radius 1 is 1.39 bits per heavy atom. The van der Waals surface area contributed by atoms with E-state index in [2.05, 4.69) is 4.74 Å². The fourth-order valence-electron chi connectivity index (χ4n) is 1.51. The van der Waals surface area contributed by atoms with Crippen molar-refractivity contribution in [2.24, 2.45) is 5.73 Å². The number of likely N-dealkylation sites (N-methyl/N-ethyl adjacent to an activating group) is 1. The van der Waals surface area contributed by atoms with Gasteiger partial charge in [-0.1, -0.05) is 0 Å². The first-order chi connectivity index (χ1) is 8.40. The molecule has 1 amide bonds. The number of rotatable bonds is 6. The second-order valence-corrected chi connectivity index (χ2v) is 4.17. The summed E-state index contributed by atoms with van der Waals surface area (Å²) in [4.78, 5) is 11.9. The van der Waals surface area contributed by atoms with Crippen LogP contribution in [0.15, 0.2) is 24.3 Å². The van der Waals surface area contributed by atoms with Crippen LogP contribution in [-0.2, 0) is 11.3 Å². The minimum absolute atomic E-state index is 0.120. The highest BCUT2D eigenvalue weighted by Gasteiger charge is 2.18. The maximum atomic E-state index is 11.9. The van der Waals surface area contributed by atoms with Gasteiger partial charge in [0.05, 0.1) is 7.05 Å². The van der Waals surface area contributed by atoms with Gasteiger partial charge in [0, 0.05) is 5.56 Å². The Labute approximate surface area is 104 Å². The van der Waals surface area contributed by atoms with Gasteiger partial charge in [-0.2, -0.15) is 8.78 Å². The van der Waals surface area contributed by atoms with Crippen LogP contribution in [0.4, 0.5) is 8.78 Å². The number of carbonyl (C=O) groups excluding carboxylic acids is 1. The summed E-state index contributed by atoms with van der Waals surface area (Å²) in [5.41, 5.74) is 6.13. The number of hydrogen-bond acceptors (Lipinski definition) is 2. The number of nitrogens with one attached hydrogen (secondary N) is 1. The maximum Gasteiger partial charge on any atom is 0.387 e. The molecule has 4 nitrogen and oxygen atoms in total. The van der Waals surface area contributed by atoms with Gasteiger partial charge in [-0.25, -0.2) is 0 Å². The van der Waals surface area contributed by atoms with Crippen LogP contribution in [0.25, 0.3) is 0 Å². The van der Waals surface area contributed by atoms with Crippen molar-refractivity contribution < 1.29 is 23.2 Å². The second-order valence-electron chi connectivity index (χ2n) is 4.17. The first-order valence-corrected chi connectivity index (χ1v) is 5.55. The molecule has 0 aromatic heterocycles. The third kappa shape index (κ3) is 4.29. The molecule has 18 heavy (non-hydrogen) atoms. The number of ether oxygens (including phenoxy) is 1. The number of quaternary nitrogens is 1. The zero-order valence-corrected chi connectivity index (χ0v) is 10.3. The van der Waals surface area contributed by atoms with Crippen molar-refractivity contribution in [1.82, 2.24) is 0 Å². The highest BCUT2D eigenvalue weighted by Crippen LogP contribution is 2.14. The standard InChI is InChI=1S/C12H16F2N2O2/c1-8(11(15)17)16(2)7-9-3-5-10(6-4-9)18-12(13)14/h3-6,8,12H,7H2,1-2H3,(H2,15,17)/p+1/t8-/m1/s1. The van der Waals surface area contributed by atoms with Crippen LogP contribution in [0.3, 0.4) is 0 Å². The van der Waals surface area contributed by atoms with E-state index in [4.69, 9.17) is 5.73 Å². The van der Waals surface area contributed by atoms with Crippen LogP contribution in [0.1, 0.15) is 12.5 Å². The minimum Gasteiger partial charge on any atom is -0.435 e. The van der Waals surface area contributed by atoms with E-state index in [1.165, 1.54) is 12.1 Å². The molecule has 0 saturated carbocycles. The predicted molar refractivity (Wildman–Crippen MR) is 62.3 cm³/mol. The van der Waals surface area contributed by atoms with Gasteiger partial charge in [-0.3, -0.25) is 4.79 Å². The number of hydrogen-bond donors (Lipinski definition) is 2. The Morgan fingerprint density at radius 3 is 2.39 bits per heavy atom. The first-order valence-electron chi connectivity index (χ1n) is 5.55. The van der Waals surface area contributed by atoms with Gasteiger partial charge in [0.25, 0.3) is 5.91 Å². The lowest BCUT2D eigenvalue weighted by Crippen LogP contribution is -3.12. The molecule has 1 unspecified atom stereocenters. The molecule has 3 N–H and O–H groups in total. The molecule has 0 aliphatic rings. The van der Waals surface area contributed by atoms with Crippen LogP contribution < -0.4 is 15.4 Å². The third-order valence-corrected chi connectivity index (χ3v) is 2.80. The molecule has 0 saturated heterocycles. The number of amides is 1. The van der Waals surface area contributed by atoms with E-state index in [1.54, 1.807) is 19.1 Å². The molecule has 6 heteroatoms. The summed E-state index contributed by atoms with van der Waals surface area (Å²) >= 11 is 0. The maximum absolute atomic E-state index is 11.9. The average molecular weight is 259 g/mol. The van der Waals surface area contributed by atoms with Crippen LogP contribution in [-0.4, -0.2) is 25.6 Å². The summed E-state index contributed by atoms with van der Waals surface area (Å²) in [5.74, 6) is -0.250. The fourth-order valence-corrected chi connectivity index (χ4v) is 1.51. The van der Waals surface area contributed by atoms with Crippen LogP contribution in [0.5, 0.6) is 5.75 Å². The van der Waals surface area contributed by atoms with Crippen molar-refractivity contribution in [2.45, 2.75) is 26.1 Å². The number of benzene rings is 1. The summed E-state index contributed by atoms with van der Waals surface area (Å²) in [6, 6.07) is 6.03. The Hall–Kier alpha value is -1.69. The van der Waals surface area contributed by atoms with E-state index in [1.807, 2.05) is 7.05 Å². The summed E-state index contributed by atoms with van der Waals surface area (Å²) in [6.45, 7) is -0.496. The molecule has 0 radical (unpaired) electrons. The first kappa shape index (κ1) is 14.4. The Bertz CT molecular complexity index is 396. The van der Waals surface area contributed by atoms with Crippen molar-refractivity contribution in [1.29, 1.82) is 0 Å². The average Bonchev–Trinajstić information content (AvgIpc) is 2.29. The molecule has 1 rings (SSSR count). The molecule has 1 aromatic rings. The van der Waals surface area contributed by atoms with Gasteiger partial charge in [-0.15, -0.1) is 0 Å². The normalized spacial score (nSPS) is 14.3. The van der Waals surface area contributed by atoms with Gasteiger partial charge in [0.1, 0.15) is 12.3 Å². The largest absolute Gasteiger partial charge is 0.435 e. The van der Waals surface area contributed by atoms with Crippen LogP contribution >= 0.6 is 0 Å². The monoisotopic (exact) mass is 259 g/mol. The lowest BCUT2D eigenvalue weighted by molar-refractivity contribution is -0.908. The smallest absolute Gasteiger partial charge is 0.387 e. The Kier molecular flexibility index (Phi) is 5.03. The number of alkyl halides is 2. The SMILES string of the molecule is C[C@H](C(N)=O)[NH+](C)Cc1ccc(OC(F)F)cc1. The Balaban J connectivity index is 2.60. The van der Waals surface area contributed by atoms with Crippen LogP contribution in [0, 0.1) is 0 Å². The van der Waals surface area contributed by atoms with Crippen molar-refractivity contribution >= 4 is 5.91 Å². The topological polar surface area (TPSA) is 56.8 Å². The minimum atomic E-state index is -2.82. The summed E-state index contributed by atoms with van der Waals surface area (Å²) in [5, 5.41) is 0. The lowest BCUT2D eigenvalue weighted by atomic mass is 10.2. The molecule has 0 fully saturated rings. The van der Waals surface area contributed by atoms with Crippen LogP contribution in [0.2, 0.25) is 0 Å². The molecule has 2 atom stereocenters. The van der Waals surface area contributed by atoms with Gasteiger partial charge >= 0.3 is 6.61 Å².